The molecule has 2 aromatic rings. The third-order valence-electron chi connectivity index (χ3n) is 5.56. The lowest BCUT2D eigenvalue weighted by molar-refractivity contribution is 0.0220. The lowest BCUT2D eigenvalue weighted by atomic mass is 9.99. The topological polar surface area (TPSA) is 59.5 Å². The van der Waals surface area contributed by atoms with Crippen LogP contribution in [0.1, 0.15) is 31.7 Å². The van der Waals surface area contributed by atoms with E-state index in [2.05, 4.69) is 9.88 Å². The zero-order chi connectivity index (χ0) is 17.4. The van der Waals surface area contributed by atoms with Gasteiger partial charge in [-0.05, 0) is 25.7 Å². The summed E-state index contributed by atoms with van der Waals surface area (Å²) in [7, 11) is 1.50. The van der Waals surface area contributed by atoms with Crippen molar-refractivity contribution in [1.29, 1.82) is 0 Å². The number of benzene rings is 1. The predicted molar refractivity (Wildman–Crippen MR) is 92.8 cm³/mol. The van der Waals surface area contributed by atoms with E-state index in [1.165, 1.54) is 13.2 Å². The first-order chi connectivity index (χ1) is 12.2. The summed E-state index contributed by atoms with van der Waals surface area (Å²) in [6.07, 6.45) is 3.95. The summed E-state index contributed by atoms with van der Waals surface area (Å²) >= 11 is 0. The molecule has 7 heteroatoms. The minimum absolute atomic E-state index is 0.0869. The first kappa shape index (κ1) is 16.6. The molecule has 2 fully saturated rings. The fourth-order valence-electron chi connectivity index (χ4n) is 4.20. The van der Waals surface area contributed by atoms with Gasteiger partial charge in [-0.3, -0.25) is 4.57 Å². The number of H-pyrrole nitrogens is 1. The Morgan fingerprint density at radius 3 is 2.56 bits per heavy atom. The maximum absolute atomic E-state index is 14.2. The minimum atomic E-state index is -0.454. The van der Waals surface area contributed by atoms with Crippen LogP contribution in [0.15, 0.2) is 16.9 Å². The maximum Gasteiger partial charge on any atom is 0.326 e. The highest BCUT2D eigenvalue weighted by Gasteiger charge is 2.29. The van der Waals surface area contributed by atoms with E-state index in [1.54, 1.807) is 10.6 Å². The van der Waals surface area contributed by atoms with Crippen molar-refractivity contribution in [3.63, 3.8) is 0 Å². The van der Waals surface area contributed by atoms with Crippen LogP contribution in [0.2, 0.25) is 0 Å². The smallest absolute Gasteiger partial charge is 0.326 e. The fraction of sp³-hybridized carbons (Fsp3) is 0.611. The first-order valence-corrected chi connectivity index (χ1v) is 8.97. The molecule has 0 saturated carbocycles. The van der Waals surface area contributed by atoms with Crippen molar-refractivity contribution < 1.29 is 13.9 Å². The van der Waals surface area contributed by atoms with Crippen molar-refractivity contribution >= 4 is 11.0 Å². The predicted octanol–water partition coefficient (Wildman–Crippen LogP) is 2.29. The van der Waals surface area contributed by atoms with Gasteiger partial charge in [0.1, 0.15) is 11.3 Å². The van der Waals surface area contributed by atoms with Crippen molar-refractivity contribution in [2.75, 3.05) is 33.4 Å². The summed E-state index contributed by atoms with van der Waals surface area (Å²) in [5.74, 6) is -0.0257. The Hall–Kier alpha value is -1.86. The zero-order valence-electron chi connectivity index (χ0n) is 14.5. The largest absolute Gasteiger partial charge is 0.497 e. The molecule has 6 nitrogen and oxygen atoms in total. The van der Waals surface area contributed by atoms with Crippen LogP contribution >= 0.6 is 0 Å². The van der Waals surface area contributed by atoms with Gasteiger partial charge in [0, 0.05) is 50.5 Å². The number of aromatic amines is 1. The second kappa shape index (κ2) is 6.80. The first-order valence-electron chi connectivity index (χ1n) is 8.97. The van der Waals surface area contributed by atoms with E-state index in [0.29, 0.717) is 17.3 Å². The SMILES string of the molecule is COc1cc(F)c2[nH]c(=O)n(C3CCN(C4CCOCC4)CC3)c2c1. The minimum Gasteiger partial charge on any atom is -0.497 e. The molecular formula is C18H24FN3O3. The van der Waals surface area contributed by atoms with Gasteiger partial charge in [0.2, 0.25) is 0 Å². The normalized spacial score (nSPS) is 21.0. The third-order valence-corrected chi connectivity index (χ3v) is 5.56. The number of imidazole rings is 1. The number of rotatable bonds is 3. The average Bonchev–Trinajstić information content (AvgIpc) is 2.99. The standard InChI is InChI=1S/C18H24FN3O3/c1-24-14-10-15(19)17-16(11-14)22(18(23)20-17)13-2-6-21(7-3-13)12-4-8-25-9-5-12/h10-13H,2-9H2,1H3,(H,20,23). The molecule has 3 heterocycles. The molecule has 4 rings (SSSR count). The summed E-state index contributed by atoms with van der Waals surface area (Å²) in [4.78, 5) is 17.6. The van der Waals surface area contributed by atoms with Crippen LogP contribution in [0.3, 0.4) is 0 Å². The number of piperidine rings is 1. The fourth-order valence-corrected chi connectivity index (χ4v) is 4.20. The molecule has 1 N–H and O–H groups in total. The molecule has 2 aliphatic heterocycles. The number of fused-ring (bicyclic) bond motifs is 1. The summed E-state index contributed by atoms with van der Waals surface area (Å²) in [5, 5.41) is 0. The van der Waals surface area contributed by atoms with Crippen LogP contribution in [0, 0.1) is 5.82 Å². The molecule has 25 heavy (non-hydrogen) atoms. The Balaban J connectivity index is 1.57. The molecule has 2 aliphatic rings. The number of aromatic nitrogens is 2. The molecule has 2 saturated heterocycles. The highest BCUT2D eigenvalue weighted by molar-refractivity contribution is 5.78. The number of likely N-dealkylation sites (tertiary alicyclic amines) is 1. The summed E-state index contributed by atoms with van der Waals surface area (Å²) in [6.45, 7) is 3.60. The number of methoxy groups -OCH3 is 1. The maximum atomic E-state index is 14.2. The van der Waals surface area contributed by atoms with Crippen LogP contribution in [0.4, 0.5) is 4.39 Å². The van der Waals surface area contributed by atoms with Crippen molar-refractivity contribution in [3.8, 4) is 5.75 Å². The van der Waals surface area contributed by atoms with Crippen molar-refractivity contribution in [3.05, 3.63) is 28.4 Å². The van der Waals surface area contributed by atoms with E-state index in [9.17, 15) is 9.18 Å². The van der Waals surface area contributed by atoms with E-state index in [-0.39, 0.29) is 17.2 Å². The molecule has 136 valence electrons. The number of halogens is 1. The molecule has 0 aliphatic carbocycles. The van der Waals surface area contributed by atoms with Gasteiger partial charge in [-0.2, -0.15) is 0 Å². The van der Waals surface area contributed by atoms with E-state index >= 15 is 0 Å². The van der Waals surface area contributed by atoms with E-state index in [1.807, 2.05) is 0 Å². The molecule has 0 amide bonds. The van der Waals surface area contributed by atoms with Crippen LogP contribution in [-0.2, 0) is 4.74 Å². The molecule has 0 radical (unpaired) electrons. The molecule has 0 unspecified atom stereocenters. The van der Waals surface area contributed by atoms with E-state index < -0.39 is 5.82 Å². The lowest BCUT2D eigenvalue weighted by Crippen LogP contribution is -2.45. The van der Waals surface area contributed by atoms with Gasteiger partial charge in [-0.15, -0.1) is 0 Å². The van der Waals surface area contributed by atoms with Gasteiger partial charge < -0.3 is 19.4 Å². The number of hydrogen-bond acceptors (Lipinski definition) is 4. The summed E-state index contributed by atoms with van der Waals surface area (Å²) in [5.41, 5.74) is 0.607. The Morgan fingerprint density at radius 1 is 1.16 bits per heavy atom. The van der Waals surface area contributed by atoms with Gasteiger partial charge in [0.25, 0.3) is 0 Å². The number of nitrogens with one attached hydrogen (secondary N) is 1. The number of nitrogens with zero attached hydrogens (tertiary/aromatic N) is 2. The van der Waals surface area contributed by atoms with Gasteiger partial charge in [-0.25, -0.2) is 9.18 Å². The second-order valence-electron chi connectivity index (χ2n) is 6.91. The summed E-state index contributed by atoms with van der Waals surface area (Å²) < 4.78 is 26.5. The molecule has 1 aromatic carbocycles. The Morgan fingerprint density at radius 2 is 1.88 bits per heavy atom. The van der Waals surface area contributed by atoms with E-state index in [4.69, 9.17) is 9.47 Å². The zero-order valence-corrected chi connectivity index (χ0v) is 14.5. The molecule has 0 bridgehead atoms. The van der Waals surface area contributed by atoms with Crippen molar-refractivity contribution in [2.24, 2.45) is 0 Å². The highest BCUT2D eigenvalue weighted by Crippen LogP contribution is 2.30. The average molecular weight is 349 g/mol. The van der Waals surface area contributed by atoms with Gasteiger partial charge in [-0.1, -0.05) is 0 Å². The second-order valence-corrected chi connectivity index (χ2v) is 6.91. The van der Waals surface area contributed by atoms with Gasteiger partial charge in [0.05, 0.1) is 12.6 Å². The Bertz CT molecular complexity index is 802. The quantitative estimate of drug-likeness (QED) is 0.924. The number of ether oxygens (including phenoxy) is 2. The lowest BCUT2D eigenvalue weighted by Gasteiger charge is -2.39. The Labute approximate surface area is 145 Å². The number of hydrogen-bond donors (Lipinski definition) is 1. The van der Waals surface area contributed by atoms with Crippen LogP contribution in [0.25, 0.3) is 11.0 Å². The van der Waals surface area contributed by atoms with Crippen LogP contribution in [0.5, 0.6) is 5.75 Å². The van der Waals surface area contributed by atoms with Gasteiger partial charge in [0.15, 0.2) is 5.82 Å². The molecule has 0 spiro atoms. The van der Waals surface area contributed by atoms with Crippen LogP contribution < -0.4 is 10.4 Å². The van der Waals surface area contributed by atoms with Crippen molar-refractivity contribution in [2.45, 2.75) is 37.8 Å². The highest BCUT2D eigenvalue weighted by atomic mass is 19.1. The monoisotopic (exact) mass is 349 g/mol. The van der Waals surface area contributed by atoms with Crippen LogP contribution in [-0.4, -0.2) is 53.9 Å². The molecule has 1 aromatic heterocycles. The molecule has 0 atom stereocenters. The molecular weight excluding hydrogens is 325 g/mol. The Kier molecular flexibility index (Phi) is 4.52. The van der Waals surface area contributed by atoms with Crippen molar-refractivity contribution in [1.82, 2.24) is 14.5 Å². The third kappa shape index (κ3) is 3.06. The summed E-state index contributed by atoms with van der Waals surface area (Å²) in [6, 6.07) is 3.72. The van der Waals surface area contributed by atoms with Gasteiger partial charge >= 0.3 is 5.69 Å². The van der Waals surface area contributed by atoms with E-state index in [0.717, 1.165) is 52.0 Å².